The van der Waals surface area contributed by atoms with E-state index < -0.39 is 26.3 Å². The number of Topliss-reactive ketones (excluding diaryl/α,β-unsaturated/α-hetero) is 1. The molecule has 1 aromatic rings. The maximum absolute atomic E-state index is 12.3. The van der Waals surface area contributed by atoms with Crippen LogP contribution in [0.4, 0.5) is 0 Å². The standard InChI is InChI=1S/C14H17NO3S/c1-10-5-7-11(8-6-10)12(9-15)13(16)14(2,3)19(4,17)18/h5-8,12H,1-4H3. The highest BCUT2D eigenvalue weighted by atomic mass is 32.2. The molecule has 0 saturated carbocycles. The number of nitrogens with zero attached hydrogens (tertiary/aromatic N) is 1. The third-order valence-electron chi connectivity index (χ3n) is 3.32. The van der Waals surface area contributed by atoms with E-state index in [9.17, 15) is 18.5 Å². The predicted molar refractivity (Wildman–Crippen MR) is 73.5 cm³/mol. The lowest BCUT2D eigenvalue weighted by molar-refractivity contribution is -0.121. The minimum absolute atomic E-state index is 0.523. The van der Waals surface area contributed by atoms with Gasteiger partial charge in [0.15, 0.2) is 15.6 Å². The minimum Gasteiger partial charge on any atom is -0.296 e. The monoisotopic (exact) mass is 279 g/mol. The van der Waals surface area contributed by atoms with Crippen LogP contribution in [-0.4, -0.2) is 25.2 Å². The first-order valence-corrected chi connectivity index (χ1v) is 7.70. The molecule has 19 heavy (non-hydrogen) atoms. The van der Waals surface area contributed by atoms with Gasteiger partial charge in [0.1, 0.15) is 10.7 Å². The molecule has 0 amide bonds. The molecule has 0 aliphatic heterocycles. The van der Waals surface area contributed by atoms with Crippen LogP contribution < -0.4 is 0 Å². The van der Waals surface area contributed by atoms with E-state index in [2.05, 4.69) is 0 Å². The van der Waals surface area contributed by atoms with Gasteiger partial charge in [0.05, 0.1) is 6.07 Å². The third-order valence-corrected chi connectivity index (χ3v) is 5.38. The second kappa shape index (κ2) is 5.14. The van der Waals surface area contributed by atoms with E-state index in [1.165, 1.54) is 13.8 Å². The molecule has 0 aromatic heterocycles. The lowest BCUT2D eigenvalue weighted by Crippen LogP contribution is -2.42. The van der Waals surface area contributed by atoms with Crippen molar-refractivity contribution >= 4 is 15.6 Å². The van der Waals surface area contributed by atoms with Crippen molar-refractivity contribution < 1.29 is 13.2 Å². The molecule has 0 radical (unpaired) electrons. The minimum atomic E-state index is -3.57. The van der Waals surface area contributed by atoms with Crippen molar-refractivity contribution in [3.05, 3.63) is 35.4 Å². The van der Waals surface area contributed by atoms with Crippen molar-refractivity contribution in [1.82, 2.24) is 0 Å². The van der Waals surface area contributed by atoms with Gasteiger partial charge in [-0.1, -0.05) is 29.8 Å². The summed E-state index contributed by atoms with van der Waals surface area (Å²) in [7, 11) is -3.57. The molecule has 1 rings (SSSR count). The summed E-state index contributed by atoms with van der Waals surface area (Å²) in [6, 6.07) is 8.85. The number of carbonyl (C=O) groups excluding carboxylic acids is 1. The Hall–Kier alpha value is -1.67. The molecule has 0 saturated heterocycles. The first kappa shape index (κ1) is 15.4. The second-order valence-corrected chi connectivity index (χ2v) is 7.68. The SMILES string of the molecule is Cc1ccc(C(C#N)C(=O)C(C)(C)S(C)(=O)=O)cc1. The fourth-order valence-corrected chi connectivity index (χ4v) is 2.06. The maximum Gasteiger partial charge on any atom is 0.175 e. The van der Waals surface area contributed by atoms with Gasteiger partial charge >= 0.3 is 0 Å². The van der Waals surface area contributed by atoms with Gasteiger partial charge in [0.2, 0.25) is 0 Å². The summed E-state index contributed by atoms with van der Waals surface area (Å²) in [6.07, 6.45) is 1.01. The van der Waals surface area contributed by atoms with Crippen LogP contribution in [0.2, 0.25) is 0 Å². The fraction of sp³-hybridized carbons (Fsp3) is 0.429. The first-order valence-electron chi connectivity index (χ1n) is 5.81. The van der Waals surface area contributed by atoms with E-state index in [1.807, 2.05) is 13.0 Å². The molecule has 1 atom stereocenters. The lowest BCUT2D eigenvalue weighted by Gasteiger charge is -2.23. The fourth-order valence-electron chi connectivity index (χ4n) is 1.57. The van der Waals surface area contributed by atoms with Crippen molar-refractivity contribution in [2.45, 2.75) is 31.4 Å². The molecular formula is C14H17NO3S. The quantitative estimate of drug-likeness (QED) is 0.844. The number of ketones is 1. The van der Waals surface area contributed by atoms with E-state index in [-0.39, 0.29) is 0 Å². The smallest absolute Gasteiger partial charge is 0.175 e. The van der Waals surface area contributed by atoms with Crippen molar-refractivity contribution in [3.63, 3.8) is 0 Å². The molecule has 0 aliphatic carbocycles. The molecule has 1 aromatic carbocycles. The molecule has 0 aliphatic rings. The normalized spacial score (nSPS) is 13.6. The van der Waals surface area contributed by atoms with Crippen molar-refractivity contribution in [2.24, 2.45) is 0 Å². The third kappa shape index (κ3) is 3.02. The van der Waals surface area contributed by atoms with Crippen LogP contribution in [0.3, 0.4) is 0 Å². The van der Waals surface area contributed by atoms with Crippen LogP contribution in [0.1, 0.15) is 30.9 Å². The van der Waals surface area contributed by atoms with Gasteiger partial charge in [-0.2, -0.15) is 5.26 Å². The van der Waals surface area contributed by atoms with Crippen LogP contribution >= 0.6 is 0 Å². The summed E-state index contributed by atoms with van der Waals surface area (Å²) in [5.41, 5.74) is 1.53. The molecule has 1 unspecified atom stereocenters. The molecule has 0 N–H and O–H groups in total. The van der Waals surface area contributed by atoms with Gasteiger partial charge in [0.25, 0.3) is 0 Å². The van der Waals surface area contributed by atoms with Crippen LogP contribution in [0.15, 0.2) is 24.3 Å². The summed E-state index contributed by atoms with van der Waals surface area (Å²) < 4.78 is 21.8. The summed E-state index contributed by atoms with van der Waals surface area (Å²) in [5.74, 6) is -1.66. The Kier molecular flexibility index (Phi) is 4.16. The molecule has 0 bridgehead atoms. The highest BCUT2D eigenvalue weighted by Gasteiger charge is 2.42. The number of hydrogen-bond donors (Lipinski definition) is 0. The Labute approximate surface area is 114 Å². The van der Waals surface area contributed by atoms with Gasteiger partial charge in [-0.25, -0.2) is 8.42 Å². The van der Waals surface area contributed by atoms with E-state index in [0.29, 0.717) is 5.56 Å². The molecule has 102 valence electrons. The number of carbonyl (C=O) groups is 1. The average molecular weight is 279 g/mol. The van der Waals surface area contributed by atoms with Gasteiger partial charge in [-0.15, -0.1) is 0 Å². The molecule has 4 nitrogen and oxygen atoms in total. The Morgan fingerprint density at radius 2 is 1.74 bits per heavy atom. The highest BCUT2D eigenvalue weighted by Crippen LogP contribution is 2.27. The maximum atomic E-state index is 12.3. The van der Waals surface area contributed by atoms with Gasteiger partial charge in [-0.05, 0) is 26.3 Å². The molecular weight excluding hydrogens is 262 g/mol. The van der Waals surface area contributed by atoms with E-state index in [4.69, 9.17) is 0 Å². The van der Waals surface area contributed by atoms with Crippen molar-refractivity contribution in [3.8, 4) is 6.07 Å². The largest absolute Gasteiger partial charge is 0.296 e. The van der Waals surface area contributed by atoms with Gasteiger partial charge < -0.3 is 0 Å². The lowest BCUT2D eigenvalue weighted by atomic mass is 9.89. The topological polar surface area (TPSA) is 75.0 Å². The van der Waals surface area contributed by atoms with Gasteiger partial charge in [0, 0.05) is 6.26 Å². The molecule has 0 fully saturated rings. The van der Waals surface area contributed by atoms with Crippen molar-refractivity contribution in [2.75, 3.05) is 6.26 Å². The zero-order valence-electron chi connectivity index (χ0n) is 11.5. The summed E-state index contributed by atoms with van der Waals surface area (Å²) in [4.78, 5) is 12.3. The van der Waals surface area contributed by atoms with E-state index in [0.717, 1.165) is 11.8 Å². The predicted octanol–water partition coefficient (Wildman–Crippen LogP) is 1.99. The number of benzene rings is 1. The number of aryl methyl sites for hydroxylation is 1. The zero-order valence-corrected chi connectivity index (χ0v) is 12.3. The molecule has 0 spiro atoms. The Balaban J connectivity index is 3.23. The van der Waals surface area contributed by atoms with Crippen molar-refractivity contribution in [1.29, 1.82) is 5.26 Å². The number of sulfone groups is 1. The molecule has 0 heterocycles. The summed E-state index contributed by atoms with van der Waals surface area (Å²) >= 11 is 0. The van der Waals surface area contributed by atoms with Crippen LogP contribution in [0, 0.1) is 18.3 Å². The first-order chi connectivity index (χ1) is 8.61. The van der Waals surface area contributed by atoms with Crippen LogP contribution in [0.25, 0.3) is 0 Å². The Morgan fingerprint density at radius 1 is 1.26 bits per heavy atom. The number of rotatable bonds is 4. The number of hydrogen-bond acceptors (Lipinski definition) is 4. The van der Waals surface area contributed by atoms with E-state index in [1.54, 1.807) is 24.3 Å². The molecule has 5 heteroatoms. The van der Waals surface area contributed by atoms with Gasteiger partial charge in [-0.3, -0.25) is 4.79 Å². The van der Waals surface area contributed by atoms with Crippen LogP contribution in [-0.2, 0) is 14.6 Å². The summed E-state index contributed by atoms with van der Waals surface area (Å²) in [5, 5.41) is 9.18. The summed E-state index contributed by atoms with van der Waals surface area (Å²) in [6.45, 7) is 4.57. The van der Waals surface area contributed by atoms with Crippen LogP contribution in [0.5, 0.6) is 0 Å². The number of nitriles is 1. The highest BCUT2D eigenvalue weighted by molar-refractivity contribution is 7.92. The zero-order chi connectivity index (χ0) is 14.8. The van der Waals surface area contributed by atoms with E-state index >= 15 is 0 Å². The average Bonchev–Trinajstić information content (AvgIpc) is 2.30. The second-order valence-electron chi connectivity index (χ2n) is 5.12. The Bertz CT molecular complexity index is 622. The Morgan fingerprint density at radius 3 is 2.11 bits per heavy atom.